The highest BCUT2D eigenvalue weighted by molar-refractivity contribution is 5.97. The van der Waals surface area contributed by atoms with Crippen molar-refractivity contribution >= 4 is 5.84 Å². The van der Waals surface area contributed by atoms with Crippen LogP contribution in [0.15, 0.2) is 47.6 Å². The average molecular weight is 290 g/mol. The minimum atomic E-state index is -0.336. The zero-order valence-electron chi connectivity index (χ0n) is 11.4. The van der Waals surface area contributed by atoms with Crippen molar-refractivity contribution in [3.05, 3.63) is 59.4 Å². The van der Waals surface area contributed by atoms with Gasteiger partial charge in [-0.1, -0.05) is 23.4 Å². The first-order valence-electron chi connectivity index (χ1n) is 6.17. The van der Waals surface area contributed by atoms with Gasteiger partial charge in [0.1, 0.15) is 23.9 Å². The van der Waals surface area contributed by atoms with E-state index in [1.807, 2.05) is 0 Å². The molecule has 3 N–H and O–H groups in total. The molecular weight excluding hydrogens is 275 g/mol. The van der Waals surface area contributed by atoms with Crippen molar-refractivity contribution in [2.24, 2.45) is 10.9 Å². The highest BCUT2D eigenvalue weighted by Crippen LogP contribution is 2.24. The van der Waals surface area contributed by atoms with E-state index >= 15 is 0 Å². The van der Waals surface area contributed by atoms with Gasteiger partial charge < -0.3 is 20.4 Å². The van der Waals surface area contributed by atoms with E-state index in [1.165, 1.54) is 13.2 Å². The Morgan fingerprint density at radius 3 is 2.62 bits per heavy atom. The fourth-order valence-corrected chi connectivity index (χ4v) is 1.76. The van der Waals surface area contributed by atoms with E-state index in [0.717, 1.165) is 0 Å². The van der Waals surface area contributed by atoms with Gasteiger partial charge in [-0.05, 0) is 18.2 Å². The van der Waals surface area contributed by atoms with Crippen LogP contribution in [0, 0.1) is 5.82 Å². The lowest BCUT2D eigenvalue weighted by atomic mass is 10.2. The van der Waals surface area contributed by atoms with Gasteiger partial charge in [0.05, 0.1) is 7.11 Å². The minimum Gasteiger partial charge on any atom is -0.497 e. The number of oxime groups is 1. The first-order valence-corrected chi connectivity index (χ1v) is 6.17. The van der Waals surface area contributed by atoms with Crippen molar-refractivity contribution in [1.82, 2.24) is 0 Å². The second-order valence-electron chi connectivity index (χ2n) is 4.26. The van der Waals surface area contributed by atoms with Crippen molar-refractivity contribution in [3.8, 4) is 11.5 Å². The molecule has 0 saturated heterocycles. The van der Waals surface area contributed by atoms with Gasteiger partial charge in [0.2, 0.25) is 0 Å². The van der Waals surface area contributed by atoms with Crippen molar-refractivity contribution in [2.75, 3.05) is 7.11 Å². The van der Waals surface area contributed by atoms with Gasteiger partial charge >= 0.3 is 0 Å². The molecule has 2 aromatic carbocycles. The van der Waals surface area contributed by atoms with E-state index in [4.69, 9.17) is 20.4 Å². The highest BCUT2D eigenvalue weighted by atomic mass is 19.1. The zero-order valence-corrected chi connectivity index (χ0v) is 11.4. The van der Waals surface area contributed by atoms with Crippen LogP contribution in [0.25, 0.3) is 0 Å². The molecule has 110 valence electrons. The Morgan fingerprint density at radius 2 is 1.95 bits per heavy atom. The summed E-state index contributed by atoms with van der Waals surface area (Å²) >= 11 is 0. The largest absolute Gasteiger partial charge is 0.497 e. The number of methoxy groups -OCH3 is 1. The second kappa shape index (κ2) is 6.60. The molecule has 0 fully saturated rings. The lowest BCUT2D eigenvalue weighted by Gasteiger charge is -2.10. The van der Waals surface area contributed by atoms with Gasteiger partial charge in [-0.2, -0.15) is 0 Å². The summed E-state index contributed by atoms with van der Waals surface area (Å²) < 4.78 is 24.2. The van der Waals surface area contributed by atoms with Gasteiger partial charge in [-0.25, -0.2) is 4.39 Å². The molecule has 5 nitrogen and oxygen atoms in total. The normalized spacial score (nSPS) is 11.2. The summed E-state index contributed by atoms with van der Waals surface area (Å²) in [7, 11) is 1.49. The molecule has 0 amide bonds. The van der Waals surface area contributed by atoms with E-state index in [2.05, 4.69) is 5.16 Å². The molecule has 0 aliphatic carbocycles. The van der Waals surface area contributed by atoms with E-state index in [9.17, 15) is 4.39 Å². The topological polar surface area (TPSA) is 77.1 Å². The van der Waals surface area contributed by atoms with Crippen LogP contribution in [0.4, 0.5) is 4.39 Å². The summed E-state index contributed by atoms with van der Waals surface area (Å²) in [6.45, 7) is 0.0649. The summed E-state index contributed by atoms with van der Waals surface area (Å²) in [5.41, 5.74) is 6.43. The quantitative estimate of drug-likeness (QED) is 0.384. The molecule has 0 unspecified atom stereocenters. The maximum atomic E-state index is 13.5. The molecular formula is C15H15FN2O3. The molecule has 0 atom stereocenters. The Hall–Kier alpha value is -2.76. The van der Waals surface area contributed by atoms with E-state index in [0.29, 0.717) is 22.6 Å². The predicted octanol–water partition coefficient (Wildman–Crippen LogP) is 2.51. The molecule has 6 heteroatoms. The molecule has 2 aromatic rings. The first kappa shape index (κ1) is 14.6. The van der Waals surface area contributed by atoms with Crippen LogP contribution < -0.4 is 15.2 Å². The first-order chi connectivity index (χ1) is 10.1. The standard InChI is InChI=1S/C15H15FN2O3/c1-20-12-6-11(15(17)18-19)7-13(8-12)21-9-10-4-2-3-5-14(10)16/h2-8,19H,9H2,1H3,(H2,17,18). The third-order valence-electron chi connectivity index (χ3n) is 2.87. The van der Waals surface area contributed by atoms with Crippen LogP contribution in [-0.2, 0) is 6.61 Å². The fraction of sp³-hybridized carbons (Fsp3) is 0.133. The Morgan fingerprint density at radius 1 is 1.24 bits per heavy atom. The summed E-state index contributed by atoms with van der Waals surface area (Å²) in [6, 6.07) is 11.2. The zero-order chi connectivity index (χ0) is 15.2. The SMILES string of the molecule is COc1cc(OCc2ccccc2F)cc(/C(N)=N/O)c1. The number of nitrogens with zero attached hydrogens (tertiary/aromatic N) is 1. The highest BCUT2D eigenvalue weighted by Gasteiger charge is 2.08. The summed E-state index contributed by atoms with van der Waals surface area (Å²) in [4.78, 5) is 0. The van der Waals surface area contributed by atoms with Crippen molar-refractivity contribution in [1.29, 1.82) is 0 Å². The van der Waals surface area contributed by atoms with Gasteiger partial charge in [0.25, 0.3) is 0 Å². The van der Waals surface area contributed by atoms with E-state index in [-0.39, 0.29) is 18.3 Å². The number of halogens is 1. The Kier molecular flexibility index (Phi) is 4.61. The minimum absolute atomic E-state index is 0.0649. The molecule has 0 aliphatic rings. The fourth-order valence-electron chi connectivity index (χ4n) is 1.76. The van der Waals surface area contributed by atoms with Crippen LogP contribution >= 0.6 is 0 Å². The van der Waals surface area contributed by atoms with Crippen LogP contribution in [0.3, 0.4) is 0 Å². The van der Waals surface area contributed by atoms with E-state index < -0.39 is 0 Å². The summed E-state index contributed by atoms with van der Waals surface area (Å²) in [6.07, 6.45) is 0. The van der Waals surface area contributed by atoms with Gasteiger partial charge in [0.15, 0.2) is 5.84 Å². The summed E-state index contributed by atoms with van der Waals surface area (Å²) in [5, 5.41) is 11.6. The van der Waals surface area contributed by atoms with Gasteiger partial charge in [0, 0.05) is 17.2 Å². The third kappa shape index (κ3) is 3.62. The maximum absolute atomic E-state index is 13.5. The Balaban J connectivity index is 2.21. The van der Waals surface area contributed by atoms with Crippen LogP contribution in [0.5, 0.6) is 11.5 Å². The van der Waals surface area contributed by atoms with E-state index in [1.54, 1.807) is 36.4 Å². The Labute approximate surface area is 121 Å². The van der Waals surface area contributed by atoms with Crippen molar-refractivity contribution in [3.63, 3.8) is 0 Å². The molecule has 21 heavy (non-hydrogen) atoms. The van der Waals surface area contributed by atoms with Crippen molar-refractivity contribution in [2.45, 2.75) is 6.61 Å². The smallest absolute Gasteiger partial charge is 0.170 e. The Bertz CT molecular complexity index is 659. The van der Waals surface area contributed by atoms with Crippen LogP contribution in [0.2, 0.25) is 0 Å². The lowest BCUT2D eigenvalue weighted by Crippen LogP contribution is -2.13. The average Bonchev–Trinajstić information content (AvgIpc) is 2.53. The number of nitrogens with two attached hydrogens (primary N) is 1. The number of amidine groups is 1. The molecule has 0 aromatic heterocycles. The maximum Gasteiger partial charge on any atom is 0.170 e. The second-order valence-corrected chi connectivity index (χ2v) is 4.26. The van der Waals surface area contributed by atoms with Crippen LogP contribution in [-0.4, -0.2) is 18.2 Å². The molecule has 0 aliphatic heterocycles. The van der Waals surface area contributed by atoms with Crippen molar-refractivity contribution < 1.29 is 19.1 Å². The number of rotatable bonds is 5. The molecule has 0 spiro atoms. The lowest BCUT2D eigenvalue weighted by molar-refractivity contribution is 0.297. The monoisotopic (exact) mass is 290 g/mol. The van der Waals surface area contributed by atoms with Gasteiger partial charge in [-0.15, -0.1) is 0 Å². The molecule has 0 saturated carbocycles. The number of ether oxygens (including phenoxy) is 2. The molecule has 0 radical (unpaired) electrons. The predicted molar refractivity (Wildman–Crippen MR) is 76.2 cm³/mol. The summed E-state index contributed by atoms with van der Waals surface area (Å²) in [5.74, 6) is 0.517. The van der Waals surface area contributed by atoms with Gasteiger partial charge in [-0.3, -0.25) is 0 Å². The third-order valence-corrected chi connectivity index (χ3v) is 2.87. The number of hydrogen-bond donors (Lipinski definition) is 2. The molecule has 2 rings (SSSR count). The molecule has 0 heterocycles. The van der Waals surface area contributed by atoms with Crippen LogP contribution in [0.1, 0.15) is 11.1 Å². The number of benzene rings is 2. The number of hydrogen-bond acceptors (Lipinski definition) is 4. The molecule has 0 bridgehead atoms.